The Morgan fingerprint density at radius 3 is 2.56 bits per heavy atom. The number of aliphatic hydroxyl groups is 1. The van der Waals surface area contributed by atoms with E-state index in [1.165, 1.54) is 0 Å². The van der Waals surface area contributed by atoms with Gasteiger partial charge in [-0.25, -0.2) is 0 Å². The predicted molar refractivity (Wildman–Crippen MR) is 58.4 cm³/mol. The lowest BCUT2D eigenvalue weighted by atomic mass is 9.95. The molecule has 0 aromatic heterocycles. The molecule has 7 nitrogen and oxygen atoms in total. The van der Waals surface area contributed by atoms with Crippen LogP contribution in [0.25, 0.3) is 0 Å². The molecule has 94 valence electrons. The number of aliphatic imine (C=N–C) groups is 1. The molecule has 16 heavy (non-hydrogen) atoms. The van der Waals surface area contributed by atoms with Gasteiger partial charge in [0, 0.05) is 6.54 Å². The Morgan fingerprint density at radius 1 is 1.50 bits per heavy atom. The van der Waals surface area contributed by atoms with Gasteiger partial charge in [-0.3, -0.25) is 20.5 Å². The molecule has 0 saturated heterocycles. The molecule has 0 heterocycles. The second-order valence-corrected chi connectivity index (χ2v) is 3.66. The van der Waals surface area contributed by atoms with Crippen LogP contribution in [0.3, 0.4) is 0 Å². The molecular formula is C9H19N3O4. The van der Waals surface area contributed by atoms with Crippen LogP contribution in [0.2, 0.25) is 0 Å². The van der Waals surface area contributed by atoms with E-state index < -0.39 is 18.1 Å². The average molecular weight is 233 g/mol. The van der Waals surface area contributed by atoms with Gasteiger partial charge in [-0.15, -0.1) is 0 Å². The number of unbranched alkanes of at least 4 members (excludes halogenated alkanes) is 1. The molecule has 6 N–H and O–H groups in total. The summed E-state index contributed by atoms with van der Waals surface area (Å²) in [6, 6.07) is 0. The van der Waals surface area contributed by atoms with Crippen LogP contribution in [0.1, 0.15) is 26.2 Å². The lowest BCUT2D eigenvalue weighted by Gasteiger charge is -2.21. The van der Waals surface area contributed by atoms with Gasteiger partial charge in [0.15, 0.2) is 0 Å². The van der Waals surface area contributed by atoms with Crippen molar-refractivity contribution in [1.82, 2.24) is 5.48 Å². The Hall–Kier alpha value is -1.18. The van der Waals surface area contributed by atoms with Crippen molar-refractivity contribution in [3.63, 3.8) is 0 Å². The topological polar surface area (TPSA) is 128 Å². The van der Waals surface area contributed by atoms with Gasteiger partial charge in [0.2, 0.25) is 0 Å². The van der Waals surface area contributed by atoms with Crippen molar-refractivity contribution in [1.29, 1.82) is 0 Å². The van der Waals surface area contributed by atoms with Crippen LogP contribution in [-0.4, -0.2) is 45.9 Å². The van der Waals surface area contributed by atoms with E-state index in [-0.39, 0.29) is 6.42 Å². The van der Waals surface area contributed by atoms with Gasteiger partial charge in [-0.05, 0) is 26.2 Å². The van der Waals surface area contributed by atoms with Gasteiger partial charge < -0.3 is 15.9 Å². The molecule has 0 rings (SSSR count). The monoisotopic (exact) mass is 233 g/mol. The van der Waals surface area contributed by atoms with Crippen LogP contribution >= 0.6 is 0 Å². The maximum absolute atomic E-state index is 10.7. The molecule has 0 spiro atoms. The third-order valence-corrected chi connectivity index (χ3v) is 2.25. The van der Waals surface area contributed by atoms with E-state index in [2.05, 4.69) is 4.99 Å². The summed E-state index contributed by atoms with van der Waals surface area (Å²) in [5.74, 6) is -0.800. The quantitative estimate of drug-likeness (QED) is 0.172. The van der Waals surface area contributed by atoms with E-state index in [1.54, 1.807) is 6.92 Å². The van der Waals surface area contributed by atoms with E-state index >= 15 is 0 Å². The molecule has 0 aliphatic carbocycles. The first-order valence-corrected chi connectivity index (χ1v) is 5.00. The maximum atomic E-state index is 10.7. The maximum Gasteiger partial charge on any atom is 0.326 e. The summed E-state index contributed by atoms with van der Waals surface area (Å²) in [6.07, 6.45) is 1.39. The third kappa shape index (κ3) is 5.06. The molecule has 0 aromatic carbocycles. The first-order valence-electron chi connectivity index (χ1n) is 5.00. The number of nitrogens with zero attached hydrogens (tertiary/aromatic N) is 1. The Morgan fingerprint density at radius 2 is 2.12 bits per heavy atom. The fraction of sp³-hybridized carbons (Fsp3) is 0.778. The van der Waals surface area contributed by atoms with Crippen molar-refractivity contribution in [3.8, 4) is 0 Å². The molecule has 1 atom stereocenters. The Bertz CT molecular complexity index is 257. The first kappa shape index (κ1) is 14.8. The number of carboxylic acid groups (broad SMARTS) is 1. The minimum absolute atomic E-state index is 0.194. The first-order chi connectivity index (χ1) is 7.46. The van der Waals surface area contributed by atoms with Crippen LogP contribution < -0.4 is 11.2 Å². The third-order valence-electron chi connectivity index (χ3n) is 2.25. The molecule has 0 aromatic rings. The van der Waals surface area contributed by atoms with E-state index in [0.29, 0.717) is 25.2 Å². The lowest BCUT2D eigenvalue weighted by molar-refractivity contribution is -0.145. The number of carboxylic acids is 1. The van der Waals surface area contributed by atoms with Gasteiger partial charge in [0.05, 0.1) is 6.61 Å². The summed E-state index contributed by atoms with van der Waals surface area (Å²) in [5, 5.41) is 26.0. The van der Waals surface area contributed by atoms with Crippen molar-refractivity contribution in [2.24, 2.45) is 10.7 Å². The van der Waals surface area contributed by atoms with Crippen molar-refractivity contribution in [3.05, 3.63) is 0 Å². The standard InChI is InChI=1S/C9H19N3O4/c1-7(12-16)11-5-3-2-4-9(10,6-13)8(14)15/h13,16H,2-6,10H2,1H3,(H,11,12)(H,14,15)/t9-/m1/s1. The predicted octanol–water partition coefficient (Wildman–Crippen LogP) is -0.672. The highest BCUT2D eigenvalue weighted by atomic mass is 16.5. The summed E-state index contributed by atoms with van der Waals surface area (Å²) >= 11 is 0. The van der Waals surface area contributed by atoms with Gasteiger partial charge in [-0.1, -0.05) is 0 Å². The van der Waals surface area contributed by atoms with Gasteiger partial charge in [0.1, 0.15) is 11.4 Å². The normalized spacial score (nSPS) is 15.6. The minimum Gasteiger partial charge on any atom is -0.480 e. The number of nitrogens with two attached hydrogens (primary N) is 1. The van der Waals surface area contributed by atoms with E-state index in [0.717, 1.165) is 0 Å². The molecule has 0 aliphatic rings. The van der Waals surface area contributed by atoms with Crippen LogP contribution in [0.5, 0.6) is 0 Å². The SMILES string of the molecule is CC(=NCCCC[C@@](N)(CO)C(=O)O)NO. The summed E-state index contributed by atoms with van der Waals surface area (Å²) in [4.78, 5) is 14.7. The zero-order valence-corrected chi connectivity index (χ0v) is 9.31. The van der Waals surface area contributed by atoms with Crippen LogP contribution in [0.4, 0.5) is 0 Å². The molecule has 0 unspecified atom stereocenters. The minimum atomic E-state index is -1.56. The van der Waals surface area contributed by atoms with E-state index in [9.17, 15) is 4.79 Å². The number of rotatable bonds is 7. The lowest BCUT2D eigenvalue weighted by Crippen LogP contribution is -2.51. The van der Waals surface area contributed by atoms with Crippen molar-refractivity contribution < 1.29 is 20.2 Å². The molecule has 0 amide bonds. The number of nitrogens with one attached hydrogen (secondary N) is 1. The number of hydrogen-bond donors (Lipinski definition) is 5. The highest BCUT2D eigenvalue weighted by Crippen LogP contribution is 2.11. The van der Waals surface area contributed by atoms with Gasteiger partial charge in [-0.2, -0.15) is 0 Å². The second kappa shape index (κ2) is 7.15. The highest BCUT2D eigenvalue weighted by Gasteiger charge is 2.32. The van der Waals surface area contributed by atoms with Gasteiger partial charge in [0.25, 0.3) is 0 Å². The number of aliphatic hydroxyl groups excluding tert-OH is 1. The molecule has 0 fully saturated rings. The van der Waals surface area contributed by atoms with Crippen molar-refractivity contribution >= 4 is 11.8 Å². The fourth-order valence-electron chi connectivity index (χ4n) is 1.09. The molecule has 0 bridgehead atoms. The van der Waals surface area contributed by atoms with Crippen molar-refractivity contribution in [2.45, 2.75) is 31.7 Å². The molecule has 0 saturated carbocycles. The van der Waals surface area contributed by atoms with E-state index in [1.807, 2.05) is 5.48 Å². The highest BCUT2D eigenvalue weighted by molar-refractivity contribution is 5.78. The van der Waals surface area contributed by atoms with Crippen molar-refractivity contribution in [2.75, 3.05) is 13.2 Å². The molecule has 0 aliphatic heterocycles. The van der Waals surface area contributed by atoms with Gasteiger partial charge >= 0.3 is 5.97 Å². The summed E-state index contributed by atoms with van der Waals surface area (Å²) in [5.41, 5.74) is 5.80. The summed E-state index contributed by atoms with van der Waals surface area (Å²) in [6.45, 7) is 1.50. The number of hydrogen-bond acceptors (Lipinski definition) is 5. The molecule has 0 radical (unpaired) electrons. The average Bonchev–Trinajstić information content (AvgIpc) is 2.27. The van der Waals surface area contributed by atoms with Crippen LogP contribution in [0.15, 0.2) is 4.99 Å². The Labute approximate surface area is 93.9 Å². The van der Waals surface area contributed by atoms with Crippen LogP contribution in [0, 0.1) is 0 Å². The smallest absolute Gasteiger partial charge is 0.326 e. The molecular weight excluding hydrogens is 214 g/mol. The number of hydroxylamine groups is 1. The second-order valence-electron chi connectivity index (χ2n) is 3.66. The fourth-order valence-corrected chi connectivity index (χ4v) is 1.09. The zero-order chi connectivity index (χ0) is 12.6. The van der Waals surface area contributed by atoms with E-state index in [4.69, 9.17) is 21.2 Å². The van der Waals surface area contributed by atoms with Crippen LogP contribution in [-0.2, 0) is 4.79 Å². The summed E-state index contributed by atoms with van der Waals surface area (Å²) < 4.78 is 0. The number of amidine groups is 1. The number of carbonyl (C=O) groups is 1. The summed E-state index contributed by atoms with van der Waals surface area (Å²) in [7, 11) is 0. The Kier molecular flexibility index (Phi) is 6.63. The molecule has 7 heteroatoms. The largest absolute Gasteiger partial charge is 0.480 e. The Balaban J connectivity index is 3.85. The zero-order valence-electron chi connectivity index (χ0n) is 9.31. The number of aliphatic carboxylic acids is 1.